The third kappa shape index (κ3) is 6.06. The van der Waals surface area contributed by atoms with Crippen LogP contribution in [0.25, 0.3) is 10.8 Å². The average molecular weight is 440 g/mol. The number of rotatable bonds is 9. The first-order chi connectivity index (χ1) is 14.8. The highest BCUT2D eigenvalue weighted by Gasteiger charge is 2.20. The summed E-state index contributed by atoms with van der Waals surface area (Å²) in [5.41, 5.74) is 1.98. The van der Waals surface area contributed by atoms with Gasteiger partial charge < -0.3 is 10.2 Å². The molecule has 0 spiro atoms. The average Bonchev–Trinajstić information content (AvgIpc) is 2.75. The quantitative estimate of drug-likeness (QED) is 0.528. The first-order valence-corrected chi connectivity index (χ1v) is 12.3. The van der Waals surface area contributed by atoms with Gasteiger partial charge in [0.25, 0.3) is 5.91 Å². The number of amides is 1. The lowest BCUT2D eigenvalue weighted by molar-refractivity contribution is 0.0925. The van der Waals surface area contributed by atoms with E-state index in [0.29, 0.717) is 17.8 Å². The molecule has 0 saturated carbocycles. The van der Waals surface area contributed by atoms with Crippen LogP contribution in [0.3, 0.4) is 0 Å². The van der Waals surface area contributed by atoms with Crippen LogP contribution in [0.1, 0.15) is 35.8 Å². The molecule has 0 aliphatic rings. The van der Waals surface area contributed by atoms with Gasteiger partial charge in [0, 0.05) is 17.8 Å². The number of hydrogen-bond donors (Lipinski definition) is 2. The number of benzene rings is 3. The number of fused-ring (bicyclic) bond motifs is 1. The molecule has 0 fully saturated rings. The summed E-state index contributed by atoms with van der Waals surface area (Å²) in [6.07, 6.45) is 1.09. The maximum Gasteiger partial charge on any atom is 0.251 e. The Morgan fingerprint density at radius 3 is 2.23 bits per heavy atom. The summed E-state index contributed by atoms with van der Waals surface area (Å²) < 4.78 is 25.2. The van der Waals surface area contributed by atoms with Gasteiger partial charge in [-0.3, -0.25) is 9.52 Å². The van der Waals surface area contributed by atoms with E-state index in [1.165, 1.54) is 0 Å². The van der Waals surface area contributed by atoms with Gasteiger partial charge in [0.15, 0.2) is 0 Å². The number of anilines is 1. The summed E-state index contributed by atoms with van der Waals surface area (Å²) in [5, 5.41) is 5.44. The lowest BCUT2D eigenvalue weighted by Gasteiger charge is -2.27. The normalized spacial score (nSPS) is 12.6. The van der Waals surface area contributed by atoms with Crippen LogP contribution in [-0.4, -0.2) is 45.1 Å². The van der Waals surface area contributed by atoms with Crippen molar-refractivity contribution in [1.82, 2.24) is 10.2 Å². The van der Waals surface area contributed by atoms with Gasteiger partial charge in [0.1, 0.15) is 0 Å². The fraction of sp³-hybridized carbons (Fsp3) is 0.292. The highest BCUT2D eigenvalue weighted by atomic mass is 32.2. The zero-order valence-electron chi connectivity index (χ0n) is 18.1. The van der Waals surface area contributed by atoms with Crippen LogP contribution < -0.4 is 10.0 Å². The Labute approximate surface area is 184 Å². The molecule has 1 atom stereocenters. The highest BCUT2D eigenvalue weighted by molar-refractivity contribution is 7.92. The molecule has 0 radical (unpaired) electrons. The topological polar surface area (TPSA) is 78.5 Å². The third-order valence-corrected chi connectivity index (χ3v) is 5.90. The number of carbonyl (C=O) groups is 1. The van der Waals surface area contributed by atoms with Gasteiger partial charge in [-0.25, -0.2) is 8.42 Å². The maximum atomic E-state index is 13.1. The molecular formula is C24H29N3O3S. The van der Waals surface area contributed by atoms with Gasteiger partial charge in [-0.15, -0.1) is 0 Å². The molecule has 0 heterocycles. The molecule has 1 unspecified atom stereocenters. The van der Waals surface area contributed by atoms with E-state index in [1.54, 1.807) is 24.3 Å². The van der Waals surface area contributed by atoms with Crippen molar-refractivity contribution < 1.29 is 13.2 Å². The van der Waals surface area contributed by atoms with Crippen molar-refractivity contribution in [3.8, 4) is 0 Å². The standard InChI is InChI=1S/C24H29N3O3S/c1-4-27(5-2)17-23(22-12-8-10-18-9-6-7-11-21(18)22)25-24(28)19-13-15-20(16-14-19)26-31(3,29)30/h6-16,23,26H,4-5,17H2,1-3H3,(H,25,28). The second-order valence-electron chi connectivity index (χ2n) is 7.53. The molecule has 0 aliphatic heterocycles. The second kappa shape index (κ2) is 9.94. The van der Waals surface area contributed by atoms with E-state index in [2.05, 4.69) is 53.1 Å². The summed E-state index contributed by atoms with van der Waals surface area (Å²) >= 11 is 0. The Bertz CT molecular complexity index is 1130. The van der Waals surface area contributed by atoms with Crippen molar-refractivity contribution in [2.75, 3.05) is 30.6 Å². The molecule has 2 N–H and O–H groups in total. The van der Waals surface area contributed by atoms with E-state index in [9.17, 15) is 13.2 Å². The van der Waals surface area contributed by atoms with Crippen LogP contribution in [-0.2, 0) is 10.0 Å². The SMILES string of the molecule is CCN(CC)CC(NC(=O)c1ccc(NS(C)(=O)=O)cc1)c1cccc2ccccc12. The van der Waals surface area contributed by atoms with Crippen LogP contribution in [0.15, 0.2) is 66.7 Å². The van der Waals surface area contributed by atoms with Crippen molar-refractivity contribution in [1.29, 1.82) is 0 Å². The summed E-state index contributed by atoms with van der Waals surface area (Å²) in [4.78, 5) is 15.3. The number of nitrogens with zero attached hydrogens (tertiary/aromatic N) is 1. The largest absolute Gasteiger partial charge is 0.344 e. The minimum Gasteiger partial charge on any atom is -0.344 e. The van der Waals surface area contributed by atoms with E-state index in [-0.39, 0.29) is 11.9 Å². The summed E-state index contributed by atoms with van der Waals surface area (Å²) in [6.45, 7) is 6.69. The van der Waals surface area contributed by atoms with Gasteiger partial charge in [0.2, 0.25) is 10.0 Å². The van der Waals surface area contributed by atoms with Crippen LogP contribution in [0.4, 0.5) is 5.69 Å². The molecule has 0 bridgehead atoms. The number of likely N-dealkylation sites (N-methyl/N-ethyl adjacent to an activating group) is 1. The van der Waals surface area contributed by atoms with E-state index >= 15 is 0 Å². The monoisotopic (exact) mass is 439 g/mol. The number of nitrogens with one attached hydrogen (secondary N) is 2. The molecule has 3 aromatic rings. The number of sulfonamides is 1. The minimum atomic E-state index is -3.36. The number of hydrogen-bond acceptors (Lipinski definition) is 4. The van der Waals surface area contributed by atoms with Crippen LogP contribution in [0.2, 0.25) is 0 Å². The summed E-state index contributed by atoms with van der Waals surface area (Å²) in [5.74, 6) is -0.198. The van der Waals surface area contributed by atoms with E-state index < -0.39 is 10.0 Å². The van der Waals surface area contributed by atoms with Crippen LogP contribution in [0, 0.1) is 0 Å². The fourth-order valence-corrected chi connectivity index (χ4v) is 4.23. The van der Waals surface area contributed by atoms with Gasteiger partial charge in [-0.2, -0.15) is 0 Å². The zero-order chi connectivity index (χ0) is 22.4. The lowest BCUT2D eigenvalue weighted by atomic mass is 9.97. The van der Waals surface area contributed by atoms with E-state index in [1.807, 2.05) is 18.2 Å². The predicted octanol–water partition coefficient (Wildman–Crippen LogP) is 4.02. The van der Waals surface area contributed by atoms with Gasteiger partial charge >= 0.3 is 0 Å². The Balaban J connectivity index is 1.89. The van der Waals surface area contributed by atoms with Crippen LogP contribution >= 0.6 is 0 Å². The van der Waals surface area contributed by atoms with Crippen molar-refractivity contribution in [2.24, 2.45) is 0 Å². The van der Waals surface area contributed by atoms with Gasteiger partial charge in [0.05, 0.1) is 12.3 Å². The first kappa shape index (κ1) is 22.8. The van der Waals surface area contributed by atoms with Crippen LogP contribution in [0.5, 0.6) is 0 Å². The second-order valence-corrected chi connectivity index (χ2v) is 9.28. The molecule has 164 valence electrons. The molecule has 6 nitrogen and oxygen atoms in total. The Hall–Kier alpha value is -2.90. The molecule has 1 amide bonds. The predicted molar refractivity (Wildman–Crippen MR) is 127 cm³/mol. The van der Waals surface area contributed by atoms with Gasteiger partial charge in [-0.1, -0.05) is 56.3 Å². The lowest BCUT2D eigenvalue weighted by Crippen LogP contribution is -2.38. The van der Waals surface area contributed by atoms with Crippen molar-refractivity contribution in [3.05, 3.63) is 77.9 Å². The summed E-state index contributed by atoms with van der Waals surface area (Å²) in [7, 11) is -3.36. The third-order valence-electron chi connectivity index (χ3n) is 5.29. The van der Waals surface area contributed by atoms with Crippen molar-refractivity contribution in [2.45, 2.75) is 19.9 Å². The van der Waals surface area contributed by atoms with E-state index in [4.69, 9.17) is 0 Å². The molecule has 0 saturated heterocycles. The van der Waals surface area contributed by atoms with E-state index in [0.717, 1.165) is 35.7 Å². The zero-order valence-corrected chi connectivity index (χ0v) is 18.9. The molecule has 7 heteroatoms. The van der Waals surface area contributed by atoms with Gasteiger partial charge in [-0.05, 0) is 53.7 Å². The molecule has 0 aromatic heterocycles. The Kier molecular flexibility index (Phi) is 7.30. The van der Waals surface area contributed by atoms with Crippen molar-refractivity contribution in [3.63, 3.8) is 0 Å². The minimum absolute atomic E-state index is 0.188. The highest BCUT2D eigenvalue weighted by Crippen LogP contribution is 2.25. The first-order valence-electron chi connectivity index (χ1n) is 10.4. The summed E-state index contributed by atoms with van der Waals surface area (Å²) in [6, 6.07) is 20.6. The van der Waals surface area contributed by atoms with Crippen molar-refractivity contribution >= 4 is 32.4 Å². The smallest absolute Gasteiger partial charge is 0.251 e. The Morgan fingerprint density at radius 1 is 0.935 bits per heavy atom. The molecule has 0 aliphatic carbocycles. The molecule has 31 heavy (non-hydrogen) atoms. The Morgan fingerprint density at radius 2 is 1.58 bits per heavy atom. The number of carbonyl (C=O) groups excluding carboxylic acids is 1. The molecule has 3 aromatic carbocycles. The maximum absolute atomic E-state index is 13.1. The fourth-order valence-electron chi connectivity index (χ4n) is 3.66. The molecule has 3 rings (SSSR count). The molecular weight excluding hydrogens is 410 g/mol.